The Bertz CT molecular complexity index is 1490. The number of nitrogens with one attached hydrogen (secondary N) is 1. The molecule has 0 unspecified atom stereocenters. The number of likely N-dealkylation sites (N-methyl/N-ethyl adjacent to an activating group) is 1. The topological polar surface area (TPSA) is 95.1 Å². The largest absolute Gasteiger partial charge is 0.436 e. The predicted octanol–water partition coefficient (Wildman–Crippen LogP) is 5.37. The molecule has 9 nitrogen and oxygen atoms in total. The Morgan fingerprint density at radius 3 is 2.55 bits per heavy atom. The quantitative estimate of drug-likeness (QED) is 0.307. The van der Waals surface area contributed by atoms with E-state index < -0.39 is 0 Å². The molecule has 1 aliphatic heterocycles. The first kappa shape index (κ1) is 25.9. The van der Waals surface area contributed by atoms with Gasteiger partial charge in [-0.05, 0) is 43.6 Å². The minimum atomic E-state index is 0.132. The minimum Gasteiger partial charge on any atom is -0.436 e. The van der Waals surface area contributed by atoms with E-state index in [1.807, 2.05) is 56.6 Å². The van der Waals surface area contributed by atoms with Crippen molar-refractivity contribution in [2.24, 2.45) is 7.05 Å². The summed E-state index contributed by atoms with van der Waals surface area (Å²) in [7, 11) is 3.96. The number of rotatable bonds is 7. The van der Waals surface area contributed by atoms with Gasteiger partial charge in [0.25, 0.3) is 0 Å². The lowest BCUT2D eigenvalue weighted by Gasteiger charge is -2.34. The molecule has 0 spiro atoms. The van der Waals surface area contributed by atoms with Crippen LogP contribution < -0.4 is 14.4 Å². The van der Waals surface area contributed by atoms with Crippen LogP contribution in [0, 0.1) is 18.3 Å². The summed E-state index contributed by atoms with van der Waals surface area (Å²) in [5.74, 6) is 0.866. The van der Waals surface area contributed by atoms with Gasteiger partial charge in [0.15, 0.2) is 0 Å². The van der Waals surface area contributed by atoms with E-state index in [1.54, 1.807) is 16.9 Å². The fraction of sp³-hybridized carbons (Fsp3) is 0.259. The number of nitriles is 1. The zero-order valence-electron chi connectivity index (χ0n) is 21.3. The van der Waals surface area contributed by atoms with E-state index >= 15 is 0 Å². The monoisotopic (exact) mass is 546 g/mol. The number of piperazine rings is 1. The first-order valence-electron chi connectivity index (χ1n) is 12.1. The summed E-state index contributed by atoms with van der Waals surface area (Å²) in [6, 6.07) is 15.7. The molecule has 0 aliphatic carbocycles. The van der Waals surface area contributed by atoms with Gasteiger partial charge in [0.2, 0.25) is 11.8 Å². The molecule has 1 N–H and O–H groups in total. The van der Waals surface area contributed by atoms with E-state index in [0.717, 1.165) is 47.9 Å². The third-order valence-corrected chi connectivity index (χ3v) is 7.43. The summed E-state index contributed by atoms with van der Waals surface area (Å²) >= 11 is 8.18. The summed E-state index contributed by atoms with van der Waals surface area (Å²) in [6.45, 7) is 5.62. The van der Waals surface area contributed by atoms with E-state index in [4.69, 9.17) is 21.3 Å². The summed E-state index contributed by atoms with van der Waals surface area (Å²) in [5, 5.41) is 14.9. The number of hydrogen-bond donors (Lipinski definition) is 1. The van der Waals surface area contributed by atoms with Crippen LogP contribution in [0.2, 0.25) is 5.02 Å². The number of anilines is 2. The highest BCUT2D eigenvalue weighted by atomic mass is 35.5. The van der Waals surface area contributed by atoms with Gasteiger partial charge < -0.3 is 14.5 Å². The molecule has 0 amide bonds. The molecule has 2 aromatic carbocycles. The molecule has 5 rings (SSSR count). The van der Waals surface area contributed by atoms with Crippen LogP contribution in [-0.2, 0) is 7.05 Å². The molecule has 1 fully saturated rings. The number of aromatic nitrogens is 4. The maximum absolute atomic E-state index is 10.2. The molecule has 194 valence electrons. The Labute approximate surface area is 231 Å². The van der Waals surface area contributed by atoms with E-state index in [9.17, 15) is 5.26 Å². The molecule has 38 heavy (non-hydrogen) atoms. The highest BCUT2D eigenvalue weighted by molar-refractivity contribution is 8.00. The van der Waals surface area contributed by atoms with Crippen LogP contribution in [0.4, 0.5) is 11.6 Å². The lowest BCUT2D eigenvalue weighted by atomic mass is 10.0. The number of halogens is 1. The first-order valence-corrected chi connectivity index (χ1v) is 13.3. The van der Waals surface area contributed by atoms with E-state index in [1.165, 1.54) is 11.9 Å². The van der Waals surface area contributed by atoms with Crippen molar-refractivity contribution in [2.45, 2.75) is 11.8 Å². The van der Waals surface area contributed by atoms with E-state index in [-0.39, 0.29) is 11.4 Å². The average molecular weight is 547 g/mol. The third kappa shape index (κ3) is 5.55. The Morgan fingerprint density at radius 1 is 1.05 bits per heavy atom. The fourth-order valence-electron chi connectivity index (χ4n) is 4.22. The number of ether oxygens (including phenoxy) is 1. The highest BCUT2D eigenvalue weighted by Gasteiger charge is 2.23. The third-order valence-electron chi connectivity index (χ3n) is 6.32. The molecular weight excluding hydrogens is 520 g/mol. The lowest BCUT2D eigenvalue weighted by Crippen LogP contribution is -2.44. The van der Waals surface area contributed by atoms with Crippen LogP contribution in [0.1, 0.15) is 11.1 Å². The summed E-state index contributed by atoms with van der Waals surface area (Å²) in [5.41, 5.74) is 3.42. The van der Waals surface area contributed by atoms with Gasteiger partial charge in [0.1, 0.15) is 22.4 Å². The first-order chi connectivity index (χ1) is 18.4. The van der Waals surface area contributed by atoms with Gasteiger partial charge in [0, 0.05) is 45.0 Å². The zero-order valence-corrected chi connectivity index (χ0v) is 22.9. The second-order valence-corrected chi connectivity index (χ2v) is 10.3. The molecule has 4 aromatic rings. The van der Waals surface area contributed by atoms with Crippen molar-refractivity contribution >= 4 is 35.2 Å². The molecular formula is C27H27ClN8OS. The number of aryl methyl sites for hydroxylation is 2. The van der Waals surface area contributed by atoms with Crippen LogP contribution in [0.25, 0.3) is 11.3 Å². The summed E-state index contributed by atoms with van der Waals surface area (Å²) in [6.07, 6.45) is 3.62. The van der Waals surface area contributed by atoms with Crippen LogP contribution in [0.3, 0.4) is 0 Å². The Morgan fingerprint density at radius 2 is 1.84 bits per heavy atom. The van der Waals surface area contributed by atoms with Crippen molar-refractivity contribution in [3.05, 3.63) is 71.0 Å². The van der Waals surface area contributed by atoms with Gasteiger partial charge in [-0.1, -0.05) is 41.9 Å². The standard InChI is InChI=1S/C27H27ClN8OS/c1-18-7-4-5-8-20(18)25-21(15-29)26(32-27(31-25)33-38-19-16-30-35(3)17-19)37-23-10-6-9-22(24(23)28)36-13-11-34(2)12-14-36/h4-10,16-17H,11-14H2,1-3H3,(H,31,32,33). The van der Waals surface area contributed by atoms with Crippen LogP contribution >= 0.6 is 23.5 Å². The Kier molecular flexibility index (Phi) is 7.69. The number of benzene rings is 2. The molecule has 0 bridgehead atoms. The molecule has 0 saturated carbocycles. The van der Waals surface area contributed by atoms with Gasteiger partial charge >= 0.3 is 0 Å². The smallest absolute Gasteiger partial charge is 0.242 e. The van der Waals surface area contributed by atoms with E-state index in [2.05, 4.69) is 37.7 Å². The van der Waals surface area contributed by atoms with E-state index in [0.29, 0.717) is 22.4 Å². The van der Waals surface area contributed by atoms with Gasteiger partial charge in [-0.15, -0.1) is 0 Å². The normalized spacial score (nSPS) is 13.8. The maximum atomic E-state index is 10.2. The number of nitrogens with zero attached hydrogens (tertiary/aromatic N) is 7. The zero-order chi connectivity index (χ0) is 26.6. The lowest BCUT2D eigenvalue weighted by molar-refractivity contribution is 0.313. The van der Waals surface area contributed by atoms with Crippen molar-refractivity contribution in [1.29, 1.82) is 5.26 Å². The van der Waals surface area contributed by atoms with Crippen LogP contribution in [0.5, 0.6) is 11.6 Å². The van der Waals surface area contributed by atoms with Crippen molar-refractivity contribution in [2.75, 3.05) is 42.8 Å². The Balaban J connectivity index is 1.53. The molecule has 0 atom stereocenters. The summed E-state index contributed by atoms with van der Waals surface area (Å²) < 4.78 is 11.2. The SMILES string of the molecule is Cc1ccccc1-c1nc(NSc2cnn(C)c2)nc(Oc2cccc(N3CCN(C)CC3)c2Cl)c1C#N. The van der Waals surface area contributed by atoms with Crippen molar-refractivity contribution < 1.29 is 4.74 Å². The van der Waals surface area contributed by atoms with Crippen molar-refractivity contribution in [1.82, 2.24) is 24.6 Å². The van der Waals surface area contributed by atoms with Gasteiger partial charge in [-0.3, -0.25) is 9.40 Å². The molecule has 1 saturated heterocycles. The van der Waals surface area contributed by atoms with Crippen LogP contribution in [-0.4, -0.2) is 57.9 Å². The highest BCUT2D eigenvalue weighted by Crippen LogP contribution is 2.40. The molecule has 1 aliphatic rings. The predicted molar refractivity (Wildman–Crippen MR) is 151 cm³/mol. The van der Waals surface area contributed by atoms with Gasteiger partial charge in [0.05, 0.1) is 22.5 Å². The van der Waals surface area contributed by atoms with Gasteiger partial charge in [-0.25, -0.2) is 4.98 Å². The fourth-order valence-corrected chi connectivity index (χ4v) is 5.11. The average Bonchev–Trinajstić information content (AvgIpc) is 3.34. The van der Waals surface area contributed by atoms with Crippen LogP contribution in [0.15, 0.2) is 59.8 Å². The molecule has 3 heterocycles. The summed E-state index contributed by atoms with van der Waals surface area (Å²) in [4.78, 5) is 14.7. The van der Waals surface area contributed by atoms with Crippen molar-refractivity contribution in [3.8, 4) is 29.0 Å². The second kappa shape index (κ2) is 11.3. The molecule has 0 radical (unpaired) electrons. The van der Waals surface area contributed by atoms with Crippen molar-refractivity contribution in [3.63, 3.8) is 0 Å². The number of hydrogen-bond acceptors (Lipinski definition) is 9. The molecule has 11 heteroatoms. The Hall–Kier alpha value is -3.78. The minimum absolute atomic E-state index is 0.132. The van der Waals surface area contributed by atoms with Gasteiger partial charge in [-0.2, -0.15) is 15.3 Å². The maximum Gasteiger partial charge on any atom is 0.242 e. The molecule has 2 aromatic heterocycles. The second-order valence-electron chi connectivity index (χ2n) is 9.04.